The van der Waals surface area contributed by atoms with Gasteiger partial charge in [0.25, 0.3) is 5.56 Å². The Balaban J connectivity index is 1.39. The number of benzene rings is 1. The molecule has 3 heterocycles. The van der Waals surface area contributed by atoms with Gasteiger partial charge >= 0.3 is 0 Å². The first-order valence-electron chi connectivity index (χ1n) is 9.44. The van der Waals surface area contributed by atoms with Crippen molar-refractivity contribution in [1.29, 1.82) is 0 Å². The monoisotopic (exact) mass is 400 g/mol. The molecule has 148 valence electrons. The van der Waals surface area contributed by atoms with Gasteiger partial charge in [-0.05, 0) is 31.2 Å². The highest BCUT2D eigenvalue weighted by atomic mass is 32.2. The Bertz CT molecular complexity index is 920. The molecule has 0 bridgehead atoms. The van der Waals surface area contributed by atoms with Crippen molar-refractivity contribution in [2.75, 3.05) is 43.9 Å². The fourth-order valence-electron chi connectivity index (χ4n) is 3.69. The Morgan fingerprint density at radius 3 is 2.57 bits per heavy atom. The van der Waals surface area contributed by atoms with Crippen molar-refractivity contribution in [1.82, 2.24) is 14.5 Å². The molecule has 1 atom stereocenters. The lowest BCUT2D eigenvalue weighted by atomic mass is 10.1. The second kappa shape index (κ2) is 7.87. The average molecular weight is 401 g/mol. The van der Waals surface area contributed by atoms with Gasteiger partial charge < -0.3 is 14.5 Å². The lowest BCUT2D eigenvalue weighted by Crippen LogP contribution is -2.52. The quantitative estimate of drug-likeness (QED) is 0.730. The van der Waals surface area contributed by atoms with Crippen LogP contribution in [0.4, 0.5) is 5.69 Å². The third-order valence-corrected chi connectivity index (χ3v) is 6.53. The number of amides is 1. The van der Waals surface area contributed by atoms with E-state index in [9.17, 15) is 9.59 Å². The highest BCUT2D eigenvalue weighted by molar-refractivity contribution is 7.99. The summed E-state index contributed by atoms with van der Waals surface area (Å²) in [6.07, 6.45) is 1.61. The average Bonchev–Trinajstić information content (AvgIpc) is 2.76. The lowest BCUT2D eigenvalue weighted by Gasteiger charge is -2.38. The third kappa shape index (κ3) is 3.61. The molecule has 2 aliphatic rings. The fraction of sp³-hybridized carbons (Fsp3) is 0.450. The zero-order chi connectivity index (χ0) is 19.7. The summed E-state index contributed by atoms with van der Waals surface area (Å²) in [6.45, 7) is 5.18. The van der Waals surface area contributed by atoms with E-state index in [-0.39, 0.29) is 17.4 Å². The van der Waals surface area contributed by atoms with Gasteiger partial charge in [-0.3, -0.25) is 14.2 Å². The van der Waals surface area contributed by atoms with Crippen LogP contribution in [0.25, 0.3) is 0 Å². The van der Waals surface area contributed by atoms with Crippen molar-refractivity contribution in [2.45, 2.75) is 18.6 Å². The molecular formula is C20H24N4O3S. The summed E-state index contributed by atoms with van der Waals surface area (Å²) in [4.78, 5) is 33.9. The largest absolute Gasteiger partial charge is 0.497 e. The number of carbonyl (C=O) groups excluding carboxylic acids is 1. The van der Waals surface area contributed by atoms with Gasteiger partial charge in [0, 0.05) is 55.9 Å². The molecule has 0 saturated carbocycles. The molecule has 1 aromatic heterocycles. The van der Waals surface area contributed by atoms with Gasteiger partial charge in [0.1, 0.15) is 5.75 Å². The fourth-order valence-corrected chi connectivity index (χ4v) is 4.73. The maximum atomic E-state index is 13.0. The normalized spacial score (nSPS) is 19.3. The zero-order valence-electron chi connectivity index (χ0n) is 16.1. The van der Waals surface area contributed by atoms with Crippen molar-refractivity contribution in [2.24, 2.45) is 5.92 Å². The minimum Gasteiger partial charge on any atom is -0.497 e. The van der Waals surface area contributed by atoms with E-state index in [2.05, 4.69) is 9.88 Å². The highest BCUT2D eigenvalue weighted by Gasteiger charge is 2.31. The molecule has 1 saturated heterocycles. The molecule has 2 aromatic rings. The molecule has 4 rings (SSSR count). The van der Waals surface area contributed by atoms with Crippen LogP contribution in [0.5, 0.6) is 5.75 Å². The van der Waals surface area contributed by atoms with Crippen LogP contribution in [0.15, 0.2) is 40.4 Å². The number of methoxy groups -OCH3 is 1. The molecule has 0 N–H and O–H groups in total. The molecule has 1 fully saturated rings. The van der Waals surface area contributed by atoms with Gasteiger partial charge in [0.05, 0.1) is 13.0 Å². The number of aryl methyl sites for hydroxylation is 1. The van der Waals surface area contributed by atoms with Crippen molar-refractivity contribution < 1.29 is 9.53 Å². The Morgan fingerprint density at radius 2 is 1.89 bits per heavy atom. The molecule has 28 heavy (non-hydrogen) atoms. The van der Waals surface area contributed by atoms with E-state index in [0.29, 0.717) is 36.1 Å². The van der Waals surface area contributed by atoms with Crippen LogP contribution < -0.4 is 15.2 Å². The number of nitrogens with zero attached hydrogens (tertiary/aromatic N) is 4. The van der Waals surface area contributed by atoms with Gasteiger partial charge in [0.2, 0.25) is 5.91 Å². The van der Waals surface area contributed by atoms with Gasteiger partial charge in [-0.25, -0.2) is 4.98 Å². The standard InChI is InChI=1S/C20H24N4O3S/c1-14-11-21-20-24(18(14)25)12-15(13-28-20)19(26)23-9-7-22(8-10-23)16-3-5-17(27-2)6-4-16/h3-6,11,15H,7-10,12-13H2,1-2H3. The topological polar surface area (TPSA) is 67.7 Å². The number of fused-ring (bicyclic) bond motifs is 1. The number of aromatic nitrogens is 2. The predicted octanol–water partition coefficient (Wildman–Crippen LogP) is 1.63. The number of rotatable bonds is 3. The van der Waals surface area contributed by atoms with Gasteiger partial charge in [-0.1, -0.05) is 11.8 Å². The molecule has 1 aromatic carbocycles. The molecule has 0 spiro atoms. The van der Waals surface area contributed by atoms with Crippen LogP contribution >= 0.6 is 11.8 Å². The summed E-state index contributed by atoms with van der Waals surface area (Å²) >= 11 is 1.49. The summed E-state index contributed by atoms with van der Waals surface area (Å²) in [5.41, 5.74) is 1.72. The number of piperazine rings is 1. The van der Waals surface area contributed by atoms with Gasteiger partial charge in [-0.15, -0.1) is 0 Å². The van der Waals surface area contributed by atoms with Crippen LogP contribution in [-0.2, 0) is 11.3 Å². The zero-order valence-corrected chi connectivity index (χ0v) is 16.9. The maximum Gasteiger partial charge on any atom is 0.257 e. The third-order valence-electron chi connectivity index (χ3n) is 5.38. The van der Waals surface area contributed by atoms with Crippen LogP contribution in [0.3, 0.4) is 0 Å². The Labute approximate surface area is 168 Å². The minimum atomic E-state index is -0.175. The summed E-state index contributed by atoms with van der Waals surface area (Å²) < 4.78 is 6.86. The molecule has 1 amide bonds. The second-order valence-electron chi connectivity index (χ2n) is 7.16. The number of thioether (sulfide) groups is 1. The van der Waals surface area contributed by atoms with E-state index in [4.69, 9.17) is 4.74 Å². The predicted molar refractivity (Wildman–Crippen MR) is 109 cm³/mol. The summed E-state index contributed by atoms with van der Waals surface area (Å²) in [5.74, 6) is 1.48. The van der Waals surface area contributed by atoms with Crippen molar-refractivity contribution in [3.8, 4) is 5.75 Å². The molecule has 7 nitrogen and oxygen atoms in total. The number of carbonyl (C=O) groups is 1. The first kappa shape index (κ1) is 18.9. The number of hydrogen-bond acceptors (Lipinski definition) is 6. The van der Waals surface area contributed by atoms with Crippen LogP contribution in [-0.4, -0.2) is 59.4 Å². The van der Waals surface area contributed by atoms with E-state index in [1.54, 1.807) is 24.8 Å². The molecular weight excluding hydrogens is 376 g/mol. The van der Waals surface area contributed by atoms with Crippen molar-refractivity contribution in [3.63, 3.8) is 0 Å². The molecule has 8 heteroatoms. The van der Waals surface area contributed by atoms with Gasteiger partial charge in [-0.2, -0.15) is 0 Å². The van der Waals surface area contributed by atoms with Gasteiger partial charge in [0.15, 0.2) is 5.16 Å². The molecule has 0 aliphatic carbocycles. The van der Waals surface area contributed by atoms with Crippen LogP contribution in [0.1, 0.15) is 5.56 Å². The Hall–Kier alpha value is -2.48. The number of ether oxygens (including phenoxy) is 1. The first-order valence-corrected chi connectivity index (χ1v) is 10.4. The van der Waals surface area contributed by atoms with E-state index >= 15 is 0 Å². The smallest absolute Gasteiger partial charge is 0.257 e. The molecule has 0 radical (unpaired) electrons. The lowest BCUT2D eigenvalue weighted by molar-refractivity contribution is -0.135. The summed E-state index contributed by atoms with van der Waals surface area (Å²) in [7, 11) is 1.66. The maximum absolute atomic E-state index is 13.0. The number of hydrogen-bond donors (Lipinski definition) is 0. The van der Waals surface area contributed by atoms with E-state index in [1.807, 2.05) is 29.2 Å². The van der Waals surface area contributed by atoms with Crippen LogP contribution in [0.2, 0.25) is 0 Å². The van der Waals surface area contributed by atoms with Crippen molar-refractivity contribution in [3.05, 3.63) is 46.4 Å². The van der Waals surface area contributed by atoms with E-state index in [0.717, 1.165) is 24.5 Å². The molecule has 1 unspecified atom stereocenters. The SMILES string of the molecule is COc1ccc(N2CCN(C(=O)C3CSc4ncc(C)c(=O)n4C3)CC2)cc1. The molecule has 2 aliphatic heterocycles. The van der Waals surface area contributed by atoms with Crippen molar-refractivity contribution >= 4 is 23.4 Å². The van der Waals surface area contributed by atoms with Crippen LogP contribution in [0, 0.1) is 12.8 Å². The van der Waals surface area contributed by atoms with E-state index < -0.39 is 0 Å². The second-order valence-corrected chi connectivity index (χ2v) is 8.14. The Kier molecular flexibility index (Phi) is 5.30. The Morgan fingerprint density at radius 1 is 1.18 bits per heavy atom. The summed E-state index contributed by atoms with van der Waals surface area (Å²) in [6, 6.07) is 8.01. The highest BCUT2D eigenvalue weighted by Crippen LogP contribution is 2.27. The minimum absolute atomic E-state index is 0.0423. The first-order chi connectivity index (χ1) is 13.6. The number of anilines is 1. The van der Waals surface area contributed by atoms with E-state index in [1.165, 1.54) is 11.8 Å². The summed E-state index contributed by atoms with van der Waals surface area (Å²) in [5, 5.41) is 0.712.